The third-order valence-electron chi connectivity index (χ3n) is 1.14. The molecule has 0 amide bonds. The van der Waals surface area contributed by atoms with Gasteiger partial charge < -0.3 is 0 Å². The fourth-order valence-corrected chi connectivity index (χ4v) is 1.59. The summed E-state index contributed by atoms with van der Waals surface area (Å²) in [6.07, 6.45) is 4.11. The lowest BCUT2D eigenvalue weighted by Gasteiger charge is -1.95. The van der Waals surface area contributed by atoms with Crippen LogP contribution in [0.1, 0.15) is 13.3 Å². The predicted molar refractivity (Wildman–Crippen MR) is 43.6 cm³/mol. The summed E-state index contributed by atoms with van der Waals surface area (Å²) in [6, 6.07) is 1.71. The maximum atomic E-state index is 11.2. The highest BCUT2D eigenvalue weighted by molar-refractivity contribution is 7.84. The van der Waals surface area contributed by atoms with Gasteiger partial charge in [0, 0.05) is 18.1 Å². The minimum absolute atomic E-state index is 0.439. The van der Waals surface area contributed by atoms with Crippen LogP contribution < -0.4 is 0 Å². The molecule has 0 aliphatic rings. The SMILES string of the molecule is CCCS(=O)c1ncccn1. The first kappa shape index (κ1) is 8.33. The first-order valence-electron chi connectivity index (χ1n) is 3.50. The maximum absolute atomic E-state index is 11.2. The van der Waals surface area contributed by atoms with E-state index in [2.05, 4.69) is 9.97 Å². The van der Waals surface area contributed by atoms with E-state index in [9.17, 15) is 4.21 Å². The van der Waals surface area contributed by atoms with Crippen molar-refractivity contribution in [3.05, 3.63) is 18.5 Å². The summed E-state index contributed by atoms with van der Waals surface area (Å²) in [4.78, 5) is 7.77. The van der Waals surface area contributed by atoms with Crippen LogP contribution in [0.2, 0.25) is 0 Å². The van der Waals surface area contributed by atoms with Gasteiger partial charge in [-0.1, -0.05) is 6.92 Å². The molecule has 0 saturated heterocycles. The monoisotopic (exact) mass is 170 g/mol. The van der Waals surface area contributed by atoms with Gasteiger partial charge in [-0.2, -0.15) is 0 Å². The van der Waals surface area contributed by atoms with E-state index in [1.807, 2.05) is 6.92 Å². The predicted octanol–water partition coefficient (Wildman–Crippen LogP) is 0.994. The Morgan fingerprint density at radius 2 is 2.09 bits per heavy atom. The summed E-state index contributed by atoms with van der Waals surface area (Å²) in [5.41, 5.74) is 0. The van der Waals surface area contributed by atoms with Crippen molar-refractivity contribution in [3.8, 4) is 0 Å². The fraction of sp³-hybridized carbons (Fsp3) is 0.429. The lowest BCUT2D eigenvalue weighted by Crippen LogP contribution is -2.01. The molecule has 4 heteroatoms. The van der Waals surface area contributed by atoms with Crippen molar-refractivity contribution in [2.24, 2.45) is 0 Å². The highest BCUT2D eigenvalue weighted by Gasteiger charge is 2.02. The van der Waals surface area contributed by atoms with Gasteiger partial charge in [-0.3, -0.25) is 4.21 Å². The van der Waals surface area contributed by atoms with Crippen molar-refractivity contribution in [2.75, 3.05) is 5.75 Å². The summed E-state index contributed by atoms with van der Waals surface area (Å²) in [7, 11) is -1.01. The van der Waals surface area contributed by atoms with Gasteiger partial charge in [0.1, 0.15) is 0 Å². The Balaban J connectivity index is 2.69. The van der Waals surface area contributed by atoms with Gasteiger partial charge in [0.2, 0.25) is 5.16 Å². The first-order valence-corrected chi connectivity index (χ1v) is 4.82. The van der Waals surface area contributed by atoms with Crippen LogP contribution in [0.5, 0.6) is 0 Å². The second-order valence-corrected chi connectivity index (χ2v) is 3.55. The van der Waals surface area contributed by atoms with E-state index < -0.39 is 10.8 Å². The Kier molecular flexibility index (Phi) is 3.16. The number of hydrogen-bond acceptors (Lipinski definition) is 3. The van der Waals surface area contributed by atoms with Crippen LogP contribution >= 0.6 is 0 Å². The summed E-state index contributed by atoms with van der Waals surface area (Å²) in [5.74, 6) is 0.643. The molecule has 0 aliphatic heterocycles. The summed E-state index contributed by atoms with van der Waals surface area (Å²) in [5, 5.41) is 0.439. The molecule has 0 aromatic carbocycles. The fourth-order valence-electron chi connectivity index (χ4n) is 0.680. The Hall–Kier alpha value is -0.770. The van der Waals surface area contributed by atoms with Crippen LogP contribution in [0.15, 0.2) is 23.6 Å². The zero-order valence-corrected chi connectivity index (χ0v) is 7.17. The Morgan fingerprint density at radius 1 is 1.45 bits per heavy atom. The van der Waals surface area contributed by atoms with E-state index >= 15 is 0 Å². The summed E-state index contributed by atoms with van der Waals surface area (Å²) in [6.45, 7) is 1.99. The van der Waals surface area contributed by atoms with Crippen molar-refractivity contribution >= 4 is 10.8 Å². The zero-order chi connectivity index (χ0) is 8.10. The number of hydrogen-bond donors (Lipinski definition) is 0. The van der Waals surface area contributed by atoms with Crippen molar-refractivity contribution in [3.63, 3.8) is 0 Å². The molecular weight excluding hydrogens is 160 g/mol. The van der Waals surface area contributed by atoms with Crippen LogP contribution in [0.3, 0.4) is 0 Å². The van der Waals surface area contributed by atoms with E-state index in [1.54, 1.807) is 18.5 Å². The van der Waals surface area contributed by atoms with Gasteiger partial charge >= 0.3 is 0 Å². The number of nitrogens with zero attached hydrogens (tertiary/aromatic N) is 2. The minimum Gasteiger partial charge on any atom is -0.251 e. The van der Waals surface area contributed by atoms with Crippen LogP contribution in [-0.4, -0.2) is 19.9 Å². The Morgan fingerprint density at radius 3 is 2.64 bits per heavy atom. The largest absolute Gasteiger partial charge is 0.251 e. The Labute approximate surface area is 68.3 Å². The lowest BCUT2D eigenvalue weighted by molar-refractivity contribution is 0.674. The summed E-state index contributed by atoms with van der Waals surface area (Å²) >= 11 is 0. The molecule has 1 atom stereocenters. The van der Waals surface area contributed by atoms with Gasteiger partial charge in [-0.25, -0.2) is 9.97 Å². The van der Waals surface area contributed by atoms with Gasteiger partial charge in [0.15, 0.2) is 0 Å². The smallest absolute Gasteiger partial charge is 0.218 e. The molecule has 1 rings (SSSR count). The molecule has 3 nitrogen and oxygen atoms in total. The molecule has 60 valence electrons. The zero-order valence-electron chi connectivity index (χ0n) is 6.36. The van der Waals surface area contributed by atoms with E-state index in [-0.39, 0.29) is 0 Å². The van der Waals surface area contributed by atoms with Crippen molar-refractivity contribution in [1.82, 2.24) is 9.97 Å². The average molecular weight is 170 g/mol. The van der Waals surface area contributed by atoms with Crippen LogP contribution in [0.4, 0.5) is 0 Å². The topological polar surface area (TPSA) is 42.9 Å². The second kappa shape index (κ2) is 4.18. The molecule has 0 radical (unpaired) electrons. The van der Waals surface area contributed by atoms with E-state index in [1.165, 1.54) is 0 Å². The molecule has 0 spiro atoms. The second-order valence-electron chi connectivity index (χ2n) is 2.08. The van der Waals surface area contributed by atoms with Crippen molar-refractivity contribution in [1.29, 1.82) is 0 Å². The van der Waals surface area contributed by atoms with Crippen LogP contribution in [-0.2, 0) is 10.8 Å². The molecule has 11 heavy (non-hydrogen) atoms. The molecule has 1 aromatic heterocycles. The molecule has 1 heterocycles. The van der Waals surface area contributed by atoms with Gasteiger partial charge in [-0.15, -0.1) is 0 Å². The summed E-state index contributed by atoms with van der Waals surface area (Å²) < 4.78 is 11.2. The van der Waals surface area contributed by atoms with Crippen LogP contribution in [0, 0.1) is 0 Å². The molecule has 0 N–H and O–H groups in total. The molecule has 1 unspecified atom stereocenters. The molecular formula is C7H10N2OS. The minimum atomic E-state index is -1.01. The quantitative estimate of drug-likeness (QED) is 0.635. The van der Waals surface area contributed by atoms with E-state index in [4.69, 9.17) is 0 Å². The first-order chi connectivity index (χ1) is 5.34. The van der Waals surface area contributed by atoms with Crippen LogP contribution in [0.25, 0.3) is 0 Å². The van der Waals surface area contributed by atoms with Gasteiger partial charge in [0.05, 0.1) is 10.8 Å². The Bertz CT molecular complexity index is 237. The molecule has 0 aliphatic carbocycles. The van der Waals surface area contributed by atoms with Gasteiger partial charge in [0.25, 0.3) is 0 Å². The highest BCUT2D eigenvalue weighted by Crippen LogP contribution is 1.97. The van der Waals surface area contributed by atoms with E-state index in [0.717, 1.165) is 6.42 Å². The lowest BCUT2D eigenvalue weighted by atomic mass is 10.6. The van der Waals surface area contributed by atoms with E-state index in [0.29, 0.717) is 10.9 Å². The standard InChI is InChI=1S/C7H10N2OS/c1-2-6-11(10)7-8-4-3-5-9-7/h3-5H,2,6H2,1H3. The highest BCUT2D eigenvalue weighted by atomic mass is 32.2. The van der Waals surface area contributed by atoms with Crippen molar-refractivity contribution < 1.29 is 4.21 Å². The normalized spacial score (nSPS) is 12.8. The number of aromatic nitrogens is 2. The molecule has 0 fully saturated rings. The molecule has 0 saturated carbocycles. The average Bonchev–Trinajstić information content (AvgIpc) is 2.07. The van der Waals surface area contributed by atoms with Crippen molar-refractivity contribution in [2.45, 2.75) is 18.5 Å². The number of rotatable bonds is 3. The third-order valence-corrected chi connectivity index (χ3v) is 2.53. The third kappa shape index (κ3) is 2.38. The van der Waals surface area contributed by atoms with Gasteiger partial charge in [-0.05, 0) is 12.5 Å². The molecule has 0 bridgehead atoms. The molecule has 1 aromatic rings. The maximum Gasteiger partial charge on any atom is 0.218 e.